The van der Waals surface area contributed by atoms with Gasteiger partial charge in [-0.25, -0.2) is 5.01 Å². The van der Waals surface area contributed by atoms with Gasteiger partial charge in [0.05, 0.1) is 13.1 Å². The Bertz CT molecular complexity index is 1090. The molecular weight excluding hydrogens is 506 g/mol. The molecule has 10 heteroatoms. The summed E-state index contributed by atoms with van der Waals surface area (Å²) in [6.45, 7) is 13.3. The first kappa shape index (κ1) is 32.5. The van der Waals surface area contributed by atoms with Crippen molar-refractivity contribution >= 4 is 24.3 Å². The molecule has 0 bridgehead atoms. The minimum Gasteiger partial charge on any atom is -0.360 e. The molecule has 3 rings (SSSR count). The number of anilines is 1. The van der Waals surface area contributed by atoms with Crippen LogP contribution in [0.5, 0.6) is 0 Å². The predicted octanol–water partition coefficient (Wildman–Crippen LogP) is 2.67. The highest BCUT2D eigenvalue weighted by atomic mass is 16.7. The zero-order valence-electron chi connectivity index (χ0n) is 24.8. The number of aldehydes is 1. The average molecular weight is 552 g/mol. The summed E-state index contributed by atoms with van der Waals surface area (Å²) in [7, 11) is 7.58. The maximum absolute atomic E-state index is 11.4. The van der Waals surface area contributed by atoms with Gasteiger partial charge < -0.3 is 35.1 Å². The van der Waals surface area contributed by atoms with Crippen LogP contribution in [0.25, 0.3) is 0 Å². The minimum atomic E-state index is 0.218. The number of carbonyl (C=O) groups is 2. The molecular formula is C30H45N7O3. The fraction of sp³-hybridized carbons (Fsp3) is 0.433. The number of hydrazine groups is 1. The van der Waals surface area contributed by atoms with E-state index >= 15 is 0 Å². The number of likely N-dealkylation sites (N-methyl/N-ethyl adjacent to an activating group) is 2. The number of carbonyl (C=O) groups excluding carboxylic acids is 2. The Morgan fingerprint density at radius 2 is 1.75 bits per heavy atom. The maximum Gasteiger partial charge on any atom is 0.323 e. The summed E-state index contributed by atoms with van der Waals surface area (Å²) in [5.41, 5.74) is 5.11. The summed E-state index contributed by atoms with van der Waals surface area (Å²) in [5.74, 6) is 0.496. The number of fused-ring (bicyclic) bond motifs is 1. The lowest BCUT2D eigenvalue weighted by Gasteiger charge is -2.34. The first-order valence-corrected chi connectivity index (χ1v) is 13.5. The van der Waals surface area contributed by atoms with Crippen molar-refractivity contribution in [1.29, 1.82) is 0 Å². The molecule has 0 amide bonds. The first-order chi connectivity index (χ1) is 19.2. The summed E-state index contributed by atoms with van der Waals surface area (Å²) in [5, 5.41) is 14.5. The zero-order valence-corrected chi connectivity index (χ0v) is 24.8. The van der Waals surface area contributed by atoms with Crippen molar-refractivity contribution in [2.75, 3.05) is 59.3 Å². The highest BCUT2D eigenvalue weighted by molar-refractivity contribution is 5.99. The van der Waals surface area contributed by atoms with Crippen molar-refractivity contribution in [3.63, 3.8) is 0 Å². The first-order valence-electron chi connectivity index (χ1n) is 13.5. The fourth-order valence-corrected chi connectivity index (χ4v) is 4.19. The molecule has 2 aromatic rings. The van der Waals surface area contributed by atoms with Crippen LogP contribution in [0.15, 0.2) is 66.0 Å². The standard InChI is InChI=1S/C24H29N5O3.C6H16N2/c1-19(27(4)29-16-21-8-5-6-9-22(21)17-29)15-28(12-13-30)23-11-7-10-20(14-23)24(26(2)3)25-32-18-31;1-6(2)8-5-4-7-3/h5-11,13-14,18H,1,12,15-17H2,2-4H3;6-8H,4-5H2,1-3H3/b25-24-;. The quantitative estimate of drug-likeness (QED) is 0.0918. The Hall–Kier alpha value is -3.73. The van der Waals surface area contributed by atoms with E-state index in [4.69, 9.17) is 0 Å². The number of hydrogen-bond acceptors (Lipinski definition) is 9. The van der Waals surface area contributed by atoms with Crippen molar-refractivity contribution in [2.24, 2.45) is 5.16 Å². The average Bonchev–Trinajstić information content (AvgIpc) is 3.37. The number of nitrogens with zero attached hydrogens (tertiary/aromatic N) is 5. The topological polar surface area (TPSA) is 92.8 Å². The molecule has 40 heavy (non-hydrogen) atoms. The number of benzene rings is 2. The van der Waals surface area contributed by atoms with Crippen molar-refractivity contribution in [3.05, 3.63) is 77.5 Å². The van der Waals surface area contributed by atoms with E-state index in [2.05, 4.69) is 75.3 Å². The van der Waals surface area contributed by atoms with Gasteiger partial charge in [-0.2, -0.15) is 0 Å². The van der Waals surface area contributed by atoms with E-state index in [0.717, 1.165) is 49.4 Å². The van der Waals surface area contributed by atoms with E-state index in [1.165, 1.54) is 11.1 Å². The van der Waals surface area contributed by atoms with Gasteiger partial charge in [-0.05, 0) is 30.3 Å². The molecule has 1 aliphatic rings. The molecule has 0 fully saturated rings. The molecule has 0 aromatic heterocycles. The molecule has 2 N–H and O–H groups in total. The van der Waals surface area contributed by atoms with Crippen molar-refractivity contribution in [2.45, 2.75) is 33.0 Å². The van der Waals surface area contributed by atoms with Crippen LogP contribution in [-0.4, -0.2) is 93.9 Å². The van der Waals surface area contributed by atoms with Crippen LogP contribution in [0, 0.1) is 0 Å². The Labute approximate surface area is 239 Å². The summed E-state index contributed by atoms with van der Waals surface area (Å²) in [6, 6.07) is 16.6. The SMILES string of the molecule is C=C(CN(CC=O)c1cccc(/C(=N/OC=O)N(C)C)c1)N(C)N1Cc2ccccc2C1.CNCCNC(C)C. The second kappa shape index (κ2) is 17.1. The molecule has 0 atom stereocenters. The molecule has 0 radical (unpaired) electrons. The van der Waals surface area contributed by atoms with Crippen LogP contribution in [-0.2, 0) is 27.5 Å². The second-order valence-corrected chi connectivity index (χ2v) is 10.0. The third-order valence-electron chi connectivity index (χ3n) is 6.38. The number of oxime groups is 1. The normalized spacial score (nSPS) is 12.7. The molecule has 2 aromatic carbocycles. The van der Waals surface area contributed by atoms with Gasteiger partial charge in [0, 0.05) is 70.3 Å². The van der Waals surface area contributed by atoms with Gasteiger partial charge in [0.1, 0.15) is 6.29 Å². The third-order valence-corrected chi connectivity index (χ3v) is 6.38. The molecule has 1 aliphatic heterocycles. The lowest BCUT2D eigenvalue weighted by Crippen LogP contribution is -2.39. The maximum atomic E-state index is 11.4. The van der Waals surface area contributed by atoms with Crippen LogP contribution in [0.2, 0.25) is 0 Å². The number of hydrogen-bond donors (Lipinski definition) is 2. The van der Waals surface area contributed by atoms with E-state index in [-0.39, 0.29) is 13.0 Å². The van der Waals surface area contributed by atoms with Crippen molar-refractivity contribution in [3.8, 4) is 0 Å². The number of amidine groups is 1. The lowest BCUT2D eigenvalue weighted by atomic mass is 10.1. The third kappa shape index (κ3) is 10.1. The molecule has 0 saturated carbocycles. The zero-order chi connectivity index (χ0) is 29.5. The summed E-state index contributed by atoms with van der Waals surface area (Å²) >= 11 is 0. The van der Waals surface area contributed by atoms with Crippen molar-refractivity contribution in [1.82, 2.24) is 25.6 Å². The van der Waals surface area contributed by atoms with Crippen LogP contribution < -0.4 is 15.5 Å². The van der Waals surface area contributed by atoms with Crippen LogP contribution in [0.4, 0.5) is 5.69 Å². The Morgan fingerprint density at radius 3 is 2.30 bits per heavy atom. The highest BCUT2D eigenvalue weighted by Gasteiger charge is 2.23. The lowest BCUT2D eigenvalue weighted by molar-refractivity contribution is -0.128. The smallest absolute Gasteiger partial charge is 0.323 e. The Morgan fingerprint density at radius 1 is 1.07 bits per heavy atom. The molecule has 0 aliphatic carbocycles. The van der Waals surface area contributed by atoms with E-state index in [9.17, 15) is 9.59 Å². The molecule has 1 heterocycles. The molecule has 218 valence electrons. The van der Waals surface area contributed by atoms with Crippen LogP contribution in [0.3, 0.4) is 0 Å². The fourth-order valence-electron chi connectivity index (χ4n) is 4.19. The molecule has 0 spiro atoms. The van der Waals surface area contributed by atoms with Gasteiger partial charge in [0.2, 0.25) is 0 Å². The van der Waals surface area contributed by atoms with Gasteiger partial charge in [-0.1, -0.05) is 62.0 Å². The largest absolute Gasteiger partial charge is 0.360 e. The van der Waals surface area contributed by atoms with Crippen molar-refractivity contribution < 1.29 is 14.4 Å². The second-order valence-electron chi connectivity index (χ2n) is 10.0. The van der Waals surface area contributed by atoms with E-state index in [0.29, 0.717) is 18.4 Å². The van der Waals surface area contributed by atoms with Gasteiger partial charge in [-0.3, -0.25) is 4.79 Å². The molecule has 10 nitrogen and oxygen atoms in total. The number of rotatable bonds is 14. The minimum absolute atomic E-state index is 0.218. The molecule has 0 saturated heterocycles. The van der Waals surface area contributed by atoms with Gasteiger partial charge in [0.15, 0.2) is 5.84 Å². The Balaban J connectivity index is 0.000000611. The monoisotopic (exact) mass is 551 g/mol. The van der Waals surface area contributed by atoms with E-state index in [1.54, 1.807) is 4.90 Å². The highest BCUT2D eigenvalue weighted by Crippen LogP contribution is 2.25. The Kier molecular flexibility index (Phi) is 13.9. The predicted molar refractivity (Wildman–Crippen MR) is 162 cm³/mol. The van der Waals surface area contributed by atoms with Gasteiger partial charge in [-0.15, -0.1) is 0 Å². The van der Waals surface area contributed by atoms with Crippen LogP contribution >= 0.6 is 0 Å². The summed E-state index contributed by atoms with van der Waals surface area (Å²) in [4.78, 5) is 30.3. The van der Waals surface area contributed by atoms with Crippen LogP contribution in [0.1, 0.15) is 30.5 Å². The van der Waals surface area contributed by atoms with Gasteiger partial charge in [0.25, 0.3) is 0 Å². The molecule has 0 unspecified atom stereocenters. The number of nitrogens with one attached hydrogen (secondary N) is 2. The van der Waals surface area contributed by atoms with E-state index < -0.39 is 0 Å². The van der Waals surface area contributed by atoms with E-state index in [1.807, 2.05) is 57.4 Å². The van der Waals surface area contributed by atoms with Gasteiger partial charge >= 0.3 is 6.47 Å². The summed E-state index contributed by atoms with van der Waals surface area (Å²) < 4.78 is 0. The summed E-state index contributed by atoms with van der Waals surface area (Å²) in [6.07, 6.45) is 0.877.